The van der Waals surface area contributed by atoms with Gasteiger partial charge in [0.2, 0.25) is 0 Å². The number of rotatable bonds is 5. The fourth-order valence-electron chi connectivity index (χ4n) is 1.61. The third-order valence-corrected chi connectivity index (χ3v) is 2.56. The lowest BCUT2D eigenvalue weighted by Gasteiger charge is -2.10. The first kappa shape index (κ1) is 13.9. The van der Waals surface area contributed by atoms with E-state index in [9.17, 15) is 9.18 Å². The van der Waals surface area contributed by atoms with Crippen molar-refractivity contribution in [1.29, 1.82) is 0 Å². The molecule has 2 rings (SSSR count). The molecular weight excluding hydrogens is 261 g/mol. The number of ether oxygens (including phenoxy) is 2. The summed E-state index contributed by atoms with van der Waals surface area (Å²) in [5, 5.41) is 2.61. The third-order valence-electron chi connectivity index (χ3n) is 2.56. The van der Waals surface area contributed by atoms with Crippen LogP contribution < -0.4 is 14.8 Å². The number of hydrogen-bond donors (Lipinski definition) is 1. The van der Waals surface area contributed by atoms with Gasteiger partial charge in [-0.15, -0.1) is 0 Å². The Bertz CT molecular complexity index is 584. The molecule has 0 saturated heterocycles. The van der Waals surface area contributed by atoms with Crippen LogP contribution in [0.15, 0.2) is 48.5 Å². The first-order valence-electron chi connectivity index (χ1n) is 6.00. The Morgan fingerprint density at radius 1 is 1.10 bits per heavy atom. The summed E-state index contributed by atoms with van der Waals surface area (Å²) in [6.45, 7) is -0.155. The molecule has 1 N–H and O–H groups in total. The molecule has 0 unspecified atom stereocenters. The van der Waals surface area contributed by atoms with Crippen molar-refractivity contribution in [2.24, 2.45) is 0 Å². The molecular formula is C15H14FNO3. The number of benzene rings is 2. The van der Waals surface area contributed by atoms with Crippen LogP contribution in [0.25, 0.3) is 0 Å². The van der Waals surface area contributed by atoms with Gasteiger partial charge >= 0.3 is 0 Å². The van der Waals surface area contributed by atoms with Crippen LogP contribution in [-0.2, 0) is 4.79 Å². The van der Waals surface area contributed by atoms with Gasteiger partial charge < -0.3 is 14.8 Å². The van der Waals surface area contributed by atoms with E-state index in [0.29, 0.717) is 17.2 Å². The molecule has 0 bridgehead atoms. The van der Waals surface area contributed by atoms with Gasteiger partial charge in [-0.05, 0) is 36.4 Å². The molecule has 0 saturated carbocycles. The zero-order valence-corrected chi connectivity index (χ0v) is 10.9. The second-order valence-electron chi connectivity index (χ2n) is 3.99. The molecule has 0 aliphatic rings. The quantitative estimate of drug-likeness (QED) is 0.912. The highest BCUT2D eigenvalue weighted by Crippen LogP contribution is 2.25. The predicted octanol–water partition coefficient (Wildman–Crippen LogP) is 2.85. The number of amides is 1. The molecule has 0 spiro atoms. The zero-order chi connectivity index (χ0) is 14.4. The number of nitrogens with one attached hydrogen (secondary N) is 1. The van der Waals surface area contributed by atoms with Crippen LogP contribution in [-0.4, -0.2) is 19.6 Å². The lowest BCUT2D eigenvalue weighted by molar-refractivity contribution is -0.118. The van der Waals surface area contributed by atoms with Gasteiger partial charge in [0.05, 0.1) is 7.11 Å². The summed E-state index contributed by atoms with van der Waals surface area (Å²) in [6, 6.07) is 12.6. The maximum absolute atomic E-state index is 12.7. The van der Waals surface area contributed by atoms with Crippen LogP contribution in [0.2, 0.25) is 0 Å². The van der Waals surface area contributed by atoms with Crippen LogP contribution >= 0.6 is 0 Å². The first-order valence-corrected chi connectivity index (χ1v) is 6.00. The number of hydrogen-bond acceptors (Lipinski definition) is 3. The number of carbonyl (C=O) groups excluding carboxylic acids is 1. The minimum atomic E-state index is -0.353. The molecule has 0 aromatic heterocycles. The fourth-order valence-corrected chi connectivity index (χ4v) is 1.61. The minimum Gasteiger partial charge on any atom is -0.493 e. The summed E-state index contributed by atoms with van der Waals surface area (Å²) >= 11 is 0. The van der Waals surface area contributed by atoms with Crippen molar-refractivity contribution in [3.05, 3.63) is 54.3 Å². The Morgan fingerprint density at radius 2 is 1.75 bits per heavy atom. The van der Waals surface area contributed by atoms with Crippen LogP contribution in [0.3, 0.4) is 0 Å². The summed E-state index contributed by atoms with van der Waals surface area (Å²) in [7, 11) is 1.53. The molecule has 0 fully saturated rings. The Labute approximate surface area is 116 Å². The summed E-state index contributed by atoms with van der Waals surface area (Å²) in [4.78, 5) is 11.7. The summed E-state index contributed by atoms with van der Waals surface area (Å²) in [5.74, 6) is 0.363. The molecule has 20 heavy (non-hydrogen) atoms. The second-order valence-corrected chi connectivity index (χ2v) is 3.99. The van der Waals surface area contributed by atoms with E-state index < -0.39 is 0 Å². The molecule has 0 aliphatic heterocycles. The highest BCUT2D eigenvalue weighted by Gasteiger charge is 2.07. The van der Waals surface area contributed by atoms with E-state index >= 15 is 0 Å². The molecule has 0 heterocycles. The van der Waals surface area contributed by atoms with Gasteiger partial charge in [-0.2, -0.15) is 0 Å². The fraction of sp³-hybridized carbons (Fsp3) is 0.133. The monoisotopic (exact) mass is 275 g/mol. The van der Waals surface area contributed by atoms with Gasteiger partial charge in [0.25, 0.3) is 5.91 Å². The molecule has 5 heteroatoms. The number of carbonyl (C=O) groups is 1. The summed E-state index contributed by atoms with van der Waals surface area (Å²) in [6.07, 6.45) is 0. The van der Waals surface area contributed by atoms with E-state index in [-0.39, 0.29) is 18.3 Å². The van der Waals surface area contributed by atoms with E-state index in [1.807, 2.05) is 6.07 Å². The Balaban J connectivity index is 1.90. The number of anilines is 1. The number of halogens is 1. The molecule has 0 radical (unpaired) electrons. The van der Waals surface area contributed by atoms with Gasteiger partial charge in [0, 0.05) is 5.69 Å². The third kappa shape index (κ3) is 3.71. The average Bonchev–Trinajstić information content (AvgIpc) is 2.48. The van der Waals surface area contributed by atoms with Crippen LogP contribution in [0.5, 0.6) is 11.5 Å². The first-order chi connectivity index (χ1) is 9.69. The Kier molecular flexibility index (Phi) is 4.55. The maximum atomic E-state index is 12.7. The largest absolute Gasteiger partial charge is 0.493 e. The molecule has 2 aromatic carbocycles. The van der Waals surface area contributed by atoms with Crippen molar-refractivity contribution in [2.45, 2.75) is 0 Å². The van der Waals surface area contributed by atoms with Gasteiger partial charge in [0.1, 0.15) is 5.82 Å². The van der Waals surface area contributed by atoms with Gasteiger partial charge in [-0.1, -0.05) is 12.1 Å². The smallest absolute Gasteiger partial charge is 0.262 e. The molecule has 4 nitrogen and oxygen atoms in total. The predicted molar refractivity (Wildman–Crippen MR) is 73.5 cm³/mol. The second kappa shape index (κ2) is 6.56. The Morgan fingerprint density at radius 3 is 2.40 bits per heavy atom. The number of methoxy groups -OCH3 is 1. The topological polar surface area (TPSA) is 47.6 Å². The Hall–Kier alpha value is -2.56. The zero-order valence-electron chi connectivity index (χ0n) is 10.9. The SMILES string of the molecule is COc1ccccc1OCC(=O)Nc1ccc(F)cc1. The van der Waals surface area contributed by atoms with E-state index in [0.717, 1.165) is 0 Å². The van der Waals surface area contributed by atoms with Gasteiger partial charge in [-0.3, -0.25) is 4.79 Å². The van der Waals surface area contributed by atoms with E-state index in [1.165, 1.54) is 31.4 Å². The molecule has 0 aliphatic carbocycles. The van der Waals surface area contributed by atoms with Crippen molar-refractivity contribution in [3.63, 3.8) is 0 Å². The number of para-hydroxylation sites is 2. The van der Waals surface area contributed by atoms with E-state index in [2.05, 4.69) is 5.32 Å². The van der Waals surface area contributed by atoms with E-state index in [4.69, 9.17) is 9.47 Å². The van der Waals surface area contributed by atoms with Gasteiger partial charge in [0.15, 0.2) is 18.1 Å². The summed E-state index contributed by atoms with van der Waals surface area (Å²) in [5.41, 5.74) is 0.514. The van der Waals surface area contributed by atoms with Crippen molar-refractivity contribution in [2.75, 3.05) is 19.0 Å². The normalized spacial score (nSPS) is 9.90. The highest BCUT2D eigenvalue weighted by molar-refractivity contribution is 5.91. The molecule has 0 atom stereocenters. The highest BCUT2D eigenvalue weighted by atomic mass is 19.1. The van der Waals surface area contributed by atoms with Crippen LogP contribution in [0.4, 0.5) is 10.1 Å². The van der Waals surface area contributed by atoms with Crippen molar-refractivity contribution in [1.82, 2.24) is 0 Å². The minimum absolute atomic E-state index is 0.155. The standard InChI is InChI=1S/C15H14FNO3/c1-19-13-4-2-3-5-14(13)20-10-15(18)17-12-8-6-11(16)7-9-12/h2-9H,10H2,1H3,(H,17,18). The molecule has 1 amide bonds. The van der Waals surface area contributed by atoms with Gasteiger partial charge in [-0.25, -0.2) is 4.39 Å². The lowest BCUT2D eigenvalue weighted by Crippen LogP contribution is -2.20. The van der Waals surface area contributed by atoms with Crippen molar-refractivity contribution in [3.8, 4) is 11.5 Å². The van der Waals surface area contributed by atoms with Crippen LogP contribution in [0.1, 0.15) is 0 Å². The van der Waals surface area contributed by atoms with Crippen LogP contribution in [0, 0.1) is 5.82 Å². The van der Waals surface area contributed by atoms with E-state index in [1.54, 1.807) is 18.2 Å². The average molecular weight is 275 g/mol. The summed E-state index contributed by atoms with van der Waals surface area (Å²) < 4.78 is 23.2. The maximum Gasteiger partial charge on any atom is 0.262 e. The molecule has 2 aromatic rings. The molecule has 104 valence electrons. The lowest BCUT2D eigenvalue weighted by atomic mass is 10.3. The van der Waals surface area contributed by atoms with Crippen molar-refractivity contribution >= 4 is 11.6 Å². The van der Waals surface area contributed by atoms with Crippen molar-refractivity contribution < 1.29 is 18.7 Å².